The molecule has 2 heterocycles. The van der Waals surface area contributed by atoms with E-state index < -0.39 is 0 Å². The highest BCUT2D eigenvalue weighted by atomic mass is 35.5. The minimum absolute atomic E-state index is 0.247. The van der Waals surface area contributed by atoms with Gasteiger partial charge in [0, 0.05) is 13.6 Å². The van der Waals surface area contributed by atoms with Gasteiger partial charge in [-0.25, -0.2) is 9.97 Å². The van der Waals surface area contributed by atoms with Gasteiger partial charge >= 0.3 is 0 Å². The van der Waals surface area contributed by atoms with Crippen LogP contribution in [0.2, 0.25) is 5.02 Å². The summed E-state index contributed by atoms with van der Waals surface area (Å²) in [6.45, 7) is 3.76. The van der Waals surface area contributed by atoms with Crippen molar-refractivity contribution in [1.82, 2.24) is 15.3 Å². The molecular weight excluding hydrogens is 420 g/mol. The molecule has 0 radical (unpaired) electrons. The van der Waals surface area contributed by atoms with Crippen LogP contribution >= 0.6 is 22.9 Å². The molecule has 1 aromatic carbocycles. The second kappa shape index (κ2) is 10.4. The van der Waals surface area contributed by atoms with Crippen LogP contribution in [0.3, 0.4) is 0 Å². The van der Waals surface area contributed by atoms with Crippen LogP contribution in [-0.4, -0.2) is 43.1 Å². The summed E-state index contributed by atoms with van der Waals surface area (Å²) in [6, 6.07) is 11.3. The third-order valence-electron chi connectivity index (χ3n) is 4.47. The number of benzene rings is 1. The van der Waals surface area contributed by atoms with E-state index in [1.807, 2.05) is 51.4 Å². The van der Waals surface area contributed by atoms with Crippen LogP contribution in [0.15, 0.2) is 42.6 Å². The summed E-state index contributed by atoms with van der Waals surface area (Å²) in [5.74, 6) is 1.30. The van der Waals surface area contributed by atoms with Gasteiger partial charge in [0.25, 0.3) is 5.91 Å². The van der Waals surface area contributed by atoms with Crippen LogP contribution < -0.4 is 20.9 Å². The molecule has 3 aromatic rings. The first-order chi connectivity index (χ1) is 14.5. The SMILES string of the molecule is CNCCCN(C)c1cccc(Nc2ncc(C(=O)Nc3c(C)cccc3Cl)s2)n1. The normalized spacial score (nSPS) is 10.7. The van der Waals surface area contributed by atoms with Crippen LogP contribution in [-0.2, 0) is 0 Å². The number of hydrogen-bond acceptors (Lipinski definition) is 7. The summed E-state index contributed by atoms with van der Waals surface area (Å²) in [6.07, 6.45) is 2.57. The molecule has 7 nitrogen and oxygen atoms in total. The average Bonchev–Trinajstić information content (AvgIpc) is 3.19. The lowest BCUT2D eigenvalue weighted by atomic mass is 10.2. The quantitative estimate of drug-likeness (QED) is 0.420. The Kier molecular flexibility index (Phi) is 7.62. The number of aryl methyl sites for hydroxylation is 1. The maximum absolute atomic E-state index is 12.6. The fraction of sp³-hybridized carbons (Fsp3) is 0.286. The molecule has 158 valence electrons. The predicted octanol–water partition coefficient (Wildman–Crippen LogP) is 4.54. The number of amides is 1. The first-order valence-electron chi connectivity index (χ1n) is 9.60. The van der Waals surface area contributed by atoms with Gasteiger partial charge in [0.15, 0.2) is 5.13 Å². The predicted molar refractivity (Wildman–Crippen MR) is 126 cm³/mol. The standard InChI is InChI=1S/C21H25ClN6OS/c1-14-7-4-8-15(22)19(14)27-20(29)16-13-24-21(30-16)26-17-9-5-10-18(25-17)28(3)12-6-11-23-2/h4-5,7-10,13,23H,6,11-12H2,1-3H3,(H,27,29)(H,24,25,26). The molecule has 3 rings (SSSR count). The number of nitrogens with zero attached hydrogens (tertiary/aromatic N) is 3. The lowest BCUT2D eigenvalue weighted by molar-refractivity contribution is 0.103. The van der Waals surface area contributed by atoms with Crippen LogP contribution in [0.25, 0.3) is 0 Å². The highest BCUT2D eigenvalue weighted by molar-refractivity contribution is 7.17. The molecule has 0 saturated heterocycles. The fourth-order valence-corrected chi connectivity index (χ4v) is 3.81. The highest BCUT2D eigenvalue weighted by Crippen LogP contribution is 2.28. The lowest BCUT2D eigenvalue weighted by Crippen LogP contribution is -2.23. The molecule has 0 aliphatic carbocycles. The lowest BCUT2D eigenvalue weighted by Gasteiger charge is -2.18. The third kappa shape index (κ3) is 5.69. The Morgan fingerprint density at radius 1 is 1.23 bits per heavy atom. The number of para-hydroxylation sites is 1. The van der Waals surface area contributed by atoms with Crippen LogP contribution in [0.4, 0.5) is 22.5 Å². The van der Waals surface area contributed by atoms with E-state index in [1.54, 1.807) is 12.3 Å². The molecule has 0 bridgehead atoms. The molecule has 0 unspecified atom stereocenters. The number of halogens is 1. The van der Waals surface area contributed by atoms with Crippen LogP contribution in [0, 0.1) is 6.92 Å². The number of pyridine rings is 1. The summed E-state index contributed by atoms with van der Waals surface area (Å²) in [4.78, 5) is 24.1. The molecule has 2 aromatic heterocycles. The first-order valence-corrected chi connectivity index (χ1v) is 10.8. The van der Waals surface area contributed by atoms with Crippen molar-refractivity contribution in [2.24, 2.45) is 0 Å². The fourth-order valence-electron chi connectivity index (χ4n) is 2.82. The Hall–Kier alpha value is -2.68. The maximum Gasteiger partial charge on any atom is 0.267 e. The van der Waals surface area contributed by atoms with Crippen molar-refractivity contribution in [3.63, 3.8) is 0 Å². The summed E-state index contributed by atoms with van der Waals surface area (Å²) in [7, 11) is 3.96. The molecular formula is C21H25ClN6OS. The van der Waals surface area contributed by atoms with Crippen LogP contribution in [0.1, 0.15) is 21.7 Å². The topological polar surface area (TPSA) is 82.2 Å². The van der Waals surface area contributed by atoms with E-state index >= 15 is 0 Å². The Labute approximate surface area is 185 Å². The molecule has 0 saturated carbocycles. The van der Waals surface area contributed by atoms with E-state index in [1.165, 1.54) is 11.3 Å². The van der Waals surface area contributed by atoms with E-state index in [0.29, 0.717) is 26.5 Å². The van der Waals surface area contributed by atoms with Gasteiger partial charge in [-0.05, 0) is 50.7 Å². The molecule has 0 atom stereocenters. The van der Waals surface area contributed by atoms with Crippen molar-refractivity contribution in [2.75, 3.05) is 42.7 Å². The van der Waals surface area contributed by atoms with Crippen molar-refractivity contribution in [2.45, 2.75) is 13.3 Å². The zero-order valence-electron chi connectivity index (χ0n) is 17.2. The van der Waals surface area contributed by atoms with E-state index in [0.717, 1.165) is 30.9 Å². The molecule has 0 spiro atoms. The second-order valence-electron chi connectivity index (χ2n) is 6.80. The Morgan fingerprint density at radius 3 is 2.80 bits per heavy atom. The highest BCUT2D eigenvalue weighted by Gasteiger charge is 2.14. The smallest absolute Gasteiger partial charge is 0.267 e. The molecule has 0 fully saturated rings. The van der Waals surface area contributed by atoms with Gasteiger partial charge in [-0.15, -0.1) is 0 Å². The number of anilines is 4. The summed E-state index contributed by atoms with van der Waals surface area (Å²) >= 11 is 7.46. The molecule has 0 aliphatic rings. The summed E-state index contributed by atoms with van der Waals surface area (Å²) < 4.78 is 0. The number of aromatic nitrogens is 2. The number of carbonyl (C=O) groups excluding carboxylic acids is 1. The number of thiazole rings is 1. The van der Waals surface area contributed by atoms with Crippen molar-refractivity contribution in [3.05, 3.63) is 58.1 Å². The van der Waals surface area contributed by atoms with Crippen LogP contribution in [0.5, 0.6) is 0 Å². The van der Waals surface area contributed by atoms with E-state index in [2.05, 4.69) is 30.8 Å². The van der Waals surface area contributed by atoms with Gasteiger partial charge in [0.05, 0.1) is 16.9 Å². The maximum atomic E-state index is 12.6. The van der Waals surface area contributed by atoms with Gasteiger partial charge in [-0.2, -0.15) is 0 Å². The van der Waals surface area contributed by atoms with E-state index in [-0.39, 0.29) is 5.91 Å². The molecule has 0 aliphatic heterocycles. The minimum Gasteiger partial charge on any atom is -0.360 e. The third-order valence-corrected chi connectivity index (χ3v) is 5.70. The monoisotopic (exact) mass is 444 g/mol. The summed E-state index contributed by atoms with van der Waals surface area (Å²) in [5, 5.41) is 10.3. The van der Waals surface area contributed by atoms with Gasteiger partial charge in [0.2, 0.25) is 0 Å². The van der Waals surface area contributed by atoms with Gasteiger partial charge in [0.1, 0.15) is 16.5 Å². The number of rotatable bonds is 9. The van der Waals surface area contributed by atoms with Crippen molar-refractivity contribution in [3.8, 4) is 0 Å². The Balaban J connectivity index is 1.65. The molecule has 1 amide bonds. The Morgan fingerprint density at radius 2 is 2.03 bits per heavy atom. The molecule has 30 heavy (non-hydrogen) atoms. The molecule has 3 N–H and O–H groups in total. The van der Waals surface area contributed by atoms with Gasteiger partial charge < -0.3 is 20.9 Å². The Bertz CT molecular complexity index is 988. The van der Waals surface area contributed by atoms with Gasteiger partial charge in [-0.1, -0.05) is 41.1 Å². The largest absolute Gasteiger partial charge is 0.360 e. The van der Waals surface area contributed by atoms with E-state index in [4.69, 9.17) is 11.6 Å². The van der Waals surface area contributed by atoms with Crippen molar-refractivity contribution < 1.29 is 4.79 Å². The zero-order chi connectivity index (χ0) is 21.5. The average molecular weight is 445 g/mol. The number of carbonyl (C=O) groups is 1. The van der Waals surface area contributed by atoms with Crippen molar-refractivity contribution >= 4 is 51.3 Å². The zero-order valence-corrected chi connectivity index (χ0v) is 18.8. The van der Waals surface area contributed by atoms with Gasteiger partial charge in [-0.3, -0.25) is 4.79 Å². The molecule has 9 heteroatoms. The second-order valence-corrected chi connectivity index (χ2v) is 8.24. The van der Waals surface area contributed by atoms with E-state index in [9.17, 15) is 4.79 Å². The number of nitrogens with one attached hydrogen (secondary N) is 3. The minimum atomic E-state index is -0.247. The summed E-state index contributed by atoms with van der Waals surface area (Å²) in [5.41, 5.74) is 1.52. The van der Waals surface area contributed by atoms with Crippen molar-refractivity contribution in [1.29, 1.82) is 0 Å². The first kappa shape index (κ1) is 22.0. The number of hydrogen-bond donors (Lipinski definition) is 3.